The summed E-state index contributed by atoms with van der Waals surface area (Å²) in [6.07, 6.45) is 1.70. The van der Waals surface area contributed by atoms with Gasteiger partial charge in [0.25, 0.3) is 0 Å². The largest absolute Gasteiger partial charge is 0.481 e. The van der Waals surface area contributed by atoms with Gasteiger partial charge in [0.2, 0.25) is 0 Å². The highest BCUT2D eigenvalue weighted by Gasteiger charge is 2.51. The Kier molecular flexibility index (Phi) is 27.7. The van der Waals surface area contributed by atoms with Crippen LogP contribution in [-0.4, -0.2) is 177 Å². The second-order valence-corrected chi connectivity index (χ2v) is 21.2. The van der Waals surface area contributed by atoms with E-state index in [4.69, 9.17) is 30.4 Å². The number of anilines is 1. The molecule has 2 bridgehead atoms. The molecular weight excluding hydrogens is 1030 g/mol. The van der Waals surface area contributed by atoms with Gasteiger partial charge in [0.05, 0.1) is 79.6 Å². The number of Topliss-reactive ketones (excluding diaryl/α,β-unsaturated/α-hetero) is 2. The van der Waals surface area contributed by atoms with Crippen molar-refractivity contribution in [3.63, 3.8) is 0 Å². The van der Waals surface area contributed by atoms with Crippen LogP contribution in [0, 0.1) is 17.8 Å². The zero-order chi connectivity index (χ0) is 58.4. The number of esters is 1. The standard InChI is InChI=1S/C58H84N2O19/c1-34-16-14-12-10-8-6-4-5-7-9-11-13-15-17-46(77-57-54(72)52(60)53(71)36(3)76-57)31-49-51(56(73)74)48(69)33-58(75,79-49)32-45(67)28-43(65)26-41(63)24-40(62)25-42(64)27-44(66)30-50(70)78-55(34)35(2)18-23-39(61)29-47(68)37-19-21-38(59)22-20-37/h4-17,19-22,34-36,39-41,43-46,48-49,51-55,57,61-63,65-67,69,71-72,75H,18,23-33,59-60H2,1-3H3,(H,73,74)/b5-4-,8-6-,9-7-,12-10-,13-11-,16-14-,17-15-/t34-,35-,36-,39-,40+,41-,43-,44-,45-,46+,48+,49+,51-,52-,53+,54-,55-,57-,58-/m1/s1. The number of aliphatic carboxylic acids is 1. The number of hydrogen-bond acceptors (Lipinski definition) is 20. The monoisotopic (exact) mass is 1110 g/mol. The third-order valence-corrected chi connectivity index (χ3v) is 14.1. The number of fused-ring (bicyclic) bond motifs is 2. The number of aliphatic hydroxyl groups is 10. The van der Waals surface area contributed by atoms with Gasteiger partial charge in [-0.05, 0) is 69.2 Å². The molecule has 15 N–H and O–H groups in total. The summed E-state index contributed by atoms with van der Waals surface area (Å²) in [5.41, 5.74) is 12.7. The van der Waals surface area contributed by atoms with Crippen molar-refractivity contribution in [1.82, 2.24) is 0 Å². The molecule has 0 unspecified atom stereocenters. The number of carboxylic acid groups (broad SMARTS) is 1. The van der Waals surface area contributed by atoms with Crippen molar-refractivity contribution in [2.24, 2.45) is 23.5 Å². The summed E-state index contributed by atoms with van der Waals surface area (Å²) in [6.45, 7) is 5.20. The summed E-state index contributed by atoms with van der Waals surface area (Å²) in [5, 5.41) is 119. The van der Waals surface area contributed by atoms with Crippen LogP contribution in [0.15, 0.2) is 109 Å². The van der Waals surface area contributed by atoms with Gasteiger partial charge >= 0.3 is 11.9 Å². The maximum Gasteiger partial charge on any atom is 0.311 e. The molecule has 3 aliphatic rings. The lowest BCUT2D eigenvalue weighted by molar-refractivity contribution is -0.308. The number of carbonyl (C=O) groups excluding carboxylic acids is 3. The lowest BCUT2D eigenvalue weighted by Crippen LogP contribution is -2.61. The molecule has 2 fully saturated rings. The maximum atomic E-state index is 13.3. The van der Waals surface area contributed by atoms with E-state index in [1.54, 1.807) is 97.2 Å². The zero-order valence-corrected chi connectivity index (χ0v) is 45.1. The second-order valence-electron chi connectivity index (χ2n) is 21.2. The number of ether oxygens (including phenoxy) is 4. The fourth-order valence-electron chi connectivity index (χ4n) is 9.90. The number of allylic oxidation sites excluding steroid dienone is 12. The molecule has 79 heavy (non-hydrogen) atoms. The molecule has 0 saturated carbocycles. The number of benzene rings is 1. The molecule has 21 heteroatoms. The van der Waals surface area contributed by atoms with Crippen molar-refractivity contribution < 1.29 is 94.3 Å². The molecule has 3 aliphatic heterocycles. The summed E-state index contributed by atoms with van der Waals surface area (Å²) < 4.78 is 23.7. The van der Waals surface area contributed by atoms with Crippen LogP contribution in [0.5, 0.6) is 0 Å². The molecule has 0 spiro atoms. The normalized spacial score (nSPS) is 38.4. The fourth-order valence-corrected chi connectivity index (χ4v) is 9.90. The molecule has 3 heterocycles. The Bertz CT molecular complexity index is 2280. The summed E-state index contributed by atoms with van der Waals surface area (Å²) >= 11 is 0. The Hall–Kier alpha value is -5.08. The molecule has 2 saturated heterocycles. The van der Waals surface area contributed by atoms with Gasteiger partial charge in [-0.15, -0.1) is 0 Å². The van der Waals surface area contributed by atoms with Crippen LogP contribution in [0.4, 0.5) is 5.69 Å². The van der Waals surface area contributed by atoms with Gasteiger partial charge in [-0.3, -0.25) is 19.2 Å². The highest BCUT2D eigenvalue weighted by molar-refractivity contribution is 5.96. The zero-order valence-electron chi connectivity index (χ0n) is 45.1. The number of nitrogen functional groups attached to an aromatic ring is 1. The van der Waals surface area contributed by atoms with Gasteiger partial charge in [-0.1, -0.05) is 98.9 Å². The van der Waals surface area contributed by atoms with E-state index in [1.165, 1.54) is 13.0 Å². The Labute approximate surface area is 461 Å². The van der Waals surface area contributed by atoms with Crippen LogP contribution >= 0.6 is 0 Å². The van der Waals surface area contributed by atoms with Gasteiger partial charge in [-0.2, -0.15) is 0 Å². The molecule has 19 atom stereocenters. The Morgan fingerprint density at radius 3 is 1.85 bits per heavy atom. The van der Waals surface area contributed by atoms with Crippen LogP contribution < -0.4 is 11.5 Å². The molecule has 1 aromatic rings. The summed E-state index contributed by atoms with van der Waals surface area (Å²) in [7, 11) is 0. The number of ketones is 2. The van der Waals surface area contributed by atoms with Crippen LogP contribution in [0.2, 0.25) is 0 Å². The Balaban J connectivity index is 1.54. The lowest BCUT2D eigenvalue weighted by atomic mass is 9.82. The number of nitrogens with two attached hydrogens (primary N) is 2. The smallest absolute Gasteiger partial charge is 0.311 e. The SMILES string of the molecule is C[C@@H]1\C=C/C=C\C=C/C=C\C=C/C=C\C=C/[C@H](O[C@H]2O[C@H](C)[C@H](O)[C@@H](N)[C@H]2O)C[C@@H]2O[C@](O)(C[C@H](O)C[C@H](O)C[C@H](O)C[C@H](O)CC(=O)C[C@@H](O)CC(=O)O[C@H]1[C@H](C)CC[C@@H](O)CC(=O)c1ccc(N)cc1)C[C@H](O)[C@H]2C(=O)O. The van der Waals surface area contributed by atoms with E-state index < -0.39 is 172 Å². The topological polar surface area (TPSA) is 380 Å². The third kappa shape index (κ3) is 23.1. The van der Waals surface area contributed by atoms with Crippen LogP contribution in [0.25, 0.3) is 0 Å². The Morgan fingerprint density at radius 1 is 0.709 bits per heavy atom. The van der Waals surface area contributed by atoms with Gasteiger partial charge in [0, 0.05) is 55.7 Å². The van der Waals surface area contributed by atoms with E-state index in [-0.39, 0.29) is 36.9 Å². The number of rotatable bonds is 10. The minimum atomic E-state index is -2.34. The van der Waals surface area contributed by atoms with E-state index in [0.717, 1.165) is 0 Å². The summed E-state index contributed by atoms with van der Waals surface area (Å²) in [4.78, 5) is 51.6. The first-order valence-corrected chi connectivity index (χ1v) is 26.9. The van der Waals surface area contributed by atoms with E-state index >= 15 is 0 Å². The van der Waals surface area contributed by atoms with Crippen molar-refractivity contribution in [1.29, 1.82) is 0 Å². The molecule has 0 aliphatic carbocycles. The number of hydrogen-bond donors (Lipinski definition) is 13. The van der Waals surface area contributed by atoms with E-state index in [1.807, 2.05) is 19.9 Å². The molecule has 0 amide bonds. The van der Waals surface area contributed by atoms with Gasteiger partial charge in [-0.25, -0.2) is 0 Å². The van der Waals surface area contributed by atoms with Crippen LogP contribution in [0.1, 0.15) is 108 Å². The molecular formula is C58H84N2O19. The number of aliphatic hydroxyl groups excluding tert-OH is 9. The van der Waals surface area contributed by atoms with Crippen LogP contribution in [-0.2, 0) is 33.3 Å². The quantitative estimate of drug-likeness (QED) is 0.0908. The minimum Gasteiger partial charge on any atom is -0.481 e. The predicted molar refractivity (Wildman–Crippen MR) is 290 cm³/mol. The molecule has 4 rings (SSSR count). The highest BCUT2D eigenvalue weighted by atomic mass is 16.7. The van der Waals surface area contributed by atoms with Crippen molar-refractivity contribution in [2.45, 2.75) is 195 Å². The van der Waals surface area contributed by atoms with Crippen molar-refractivity contribution in [3.8, 4) is 0 Å². The lowest BCUT2D eigenvalue weighted by Gasteiger charge is -2.45. The predicted octanol–water partition coefficient (Wildman–Crippen LogP) is 2.29. The molecule has 0 radical (unpaired) electrons. The first-order chi connectivity index (χ1) is 37.3. The minimum absolute atomic E-state index is 0.128. The van der Waals surface area contributed by atoms with E-state index in [9.17, 15) is 75.3 Å². The molecule has 1 aromatic carbocycles. The van der Waals surface area contributed by atoms with E-state index in [2.05, 4.69) is 0 Å². The average molecular weight is 1110 g/mol. The highest BCUT2D eigenvalue weighted by Crippen LogP contribution is 2.38. The van der Waals surface area contributed by atoms with Crippen molar-refractivity contribution >= 4 is 29.2 Å². The summed E-state index contributed by atoms with van der Waals surface area (Å²) in [5.74, 6) is -7.81. The second kappa shape index (κ2) is 33.0. The van der Waals surface area contributed by atoms with Gasteiger partial charge in [0.15, 0.2) is 17.9 Å². The third-order valence-electron chi connectivity index (χ3n) is 14.1. The van der Waals surface area contributed by atoms with E-state index in [0.29, 0.717) is 17.7 Å². The molecule has 440 valence electrons. The first-order valence-electron chi connectivity index (χ1n) is 26.9. The van der Waals surface area contributed by atoms with Crippen LogP contribution in [0.3, 0.4) is 0 Å². The summed E-state index contributed by atoms with van der Waals surface area (Å²) in [6, 6.07) is 5.21. The molecule has 21 nitrogen and oxygen atoms in total. The van der Waals surface area contributed by atoms with Gasteiger partial charge < -0.3 is 86.6 Å². The number of carbonyl (C=O) groups is 4. The maximum absolute atomic E-state index is 13.3. The van der Waals surface area contributed by atoms with Gasteiger partial charge in [0.1, 0.15) is 23.9 Å². The number of cyclic esters (lactones) is 1. The number of carboxylic acids is 1. The Morgan fingerprint density at radius 2 is 1.25 bits per heavy atom. The molecule has 0 aromatic heterocycles. The fraction of sp³-hybridized carbons (Fsp3) is 0.586. The van der Waals surface area contributed by atoms with Crippen molar-refractivity contribution in [3.05, 3.63) is 115 Å². The first kappa shape index (κ1) is 66.4. The average Bonchev–Trinajstić information content (AvgIpc) is 3.35. The van der Waals surface area contributed by atoms with Crippen molar-refractivity contribution in [2.75, 3.05) is 5.73 Å².